The third-order valence-electron chi connectivity index (χ3n) is 2.06. The molecule has 0 bridgehead atoms. The molecule has 1 N–H and O–H groups in total. The summed E-state index contributed by atoms with van der Waals surface area (Å²) in [6.07, 6.45) is 0.248. The predicted octanol–water partition coefficient (Wildman–Crippen LogP) is 2.49. The summed E-state index contributed by atoms with van der Waals surface area (Å²) in [5, 5.41) is 6.49. The van der Waals surface area contributed by atoms with Gasteiger partial charge in [-0.25, -0.2) is 4.39 Å². The number of hydrogen-bond donors (Lipinski definition) is 1. The van der Waals surface area contributed by atoms with E-state index in [1.54, 1.807) is 19.2 Å². The molecule has 0 saturated carbocycles. The van der Waals surface area contributed by atoms with Crippen molar-refractivity contribution >= 4 is 17.6 Å². The number of nitrogens with one attached hydrogen (secondary N) is 1. The van der Waals surface area contributed by atoms with Crippen LogP contribution in [-0.2, 0) is 6.42 Å². The van der Waals surface area contributed by atoms with E-state index in [0.717, 1.165) is 0 Å². The fourth-order valence-electron chi connectivity index (χ4n) is 1.28. The number of rotatable bonds is 3. The Hall–Kier alpha value is -1.62. The van der Waals surface area contributed by atoms with Crippen molar-refractivity contribution in [2.24, 2.45) is 0 Å². The number of aromatic nitrogens is 2. The van der Waals surface area contributed by atoms with Crippen molar-refractivity contribution in [2.75, 3.05) is 12.4 Å². The zero-order valence-electron chi connectivity index (χ0n) is 8.50. The first-order chi connectivity index (χ1) is 7.70. The molecule has 0 amide bonds. The fraction of sp³-hybridized carbons (Fsp3) is 0.200. The molecule has 2 aromatic rings. The van der Waals surface area contributed by atoms with Crippen LogP contribution in [-0.4, -0.2) is 17.2 Å². The second-order valence-corrected chi connectivity index (χ2v) is 3.56. The maximum absolute atomic E-state index is 13.5. The first-order valence-corrected chi connectivity index (χ1v) is 5.01. The Morgan fingerprint density at radius 1 is 1.50 bits per heavy atom. The lowest BCUT2D eigenvalue weighted by atomic mass is 10.1. The molecular formula is C10H9ClFN3O. The Balaban J connectivity index is 2.23. The van der Waals surface area contributed by atoms with E-state index in [9.17, 15) is 4.39 Å². The van der Waals surface area contributed by atoms with Gasteiger partial charge in [-0.1, -0.05) is 28.9 Å². The molecule has 1 heterocycles. The molecule has 6 heteroatoms. The lowest BCUT2D eigenvalue weighted by molar-refractivity contribution is 0.425. The summed E-state index contributed by atoms with van der Waals surface area (Å²) in [4.78, 5) is 4.00. The van der Waals surface area contributed by atoms with Crippen LogP contribution < -0.4 is 5.32 Å². The van der Waals surface area contributed by atoms with Gasteiger partial charge in [-0.2, -0.15) is 4.98 Å². The van der Waals surface area contributed by atoms with Crippen LogP contribution in [0.25, 0.3) is 0 Å². The number of halogens is 2. The predicted molar refractivity (Wildman–Crippen MR) is 58.1 cm³/mol. The smallest absolute Gasteiger partial charge is 0.321 e. The molecule has 16 heavy (non-hydrogen) atoms. The average molecular weight is 242 g/mol. The first-order valence-electron chi connectivity index (χ1n) is 4.64. The minimum absolute atomic E-state index is 0.0924. The van der Waals surface area contributed by atoms with Crippen molar-refractivity contribution in [1.29, 1.82) is 0 Å². The van der Waals surface area contributed by atoms with E-state index in [1.165, 1.54) is 6.07 Å². The van der Waals surface area contributed by atoms with Crippen molar-refractivity contribution in [2.45, 2.75) is 6.42 Å². The summed E-state index contributed by atoms with van der Waals surface area (Å²) in [5.41, 5.74) is 0.441. The summed E-state index contributed by atoms with van der Waals surface area (Å²) in [5.74, 6) is -0.0366. The number of nitrogens with zero attached hydrogens (tertiary/aromatic N) is 2. The molecule has 84 valence electrons. The van der Waals surface area contributed by atoms with Crippen LogP contribution in [0.2, 0.25) is 5.02 Å². The SMILES string of the molecule is CNc1nc(Cc2cccc(Cl)c2F)no1. The number of hydrogen-bond acceptors (Lipinski definition) is 4. The third-order valence-corrected chi connectivity index (χ3v) is 2.35. The minimum Gasteiger partial charge on any atom is -0.341 e. The van der Waals surface area contributed by atoms with Gasteiger partial charge in [0.05, 0.1) is 5.02 Å². The summed E-state index contributed by atoms with van der Waals surface area (Å²) in [6, 6.07) is 5.11. The van der Waals surface area contributed by atoms with E-state index in [-0.39, 0.29) is 11.4 Å². The van der Waals surface area contributed by atoms with Gasteiger partial charge in [-0.05, 0) is 11.6 Å². The molecule has 1 aromatic carbocycles. The Labute approximate surface area is 96.4 Å². The van der Waals surface area contributed by atoms with Crippen molar-refractivity contribution < 1.29 is 8.91 Å². The molecule has 4 nitrogen and oxygen atoms in total. The molecule has 0 aliphatic heterocycles. The standard InChI is InChI=1S/C10H9ClFN3O/c1-13-10-14-8(15-16-10)5-6-3-2-4-7(11)9(6)12/h2-4H,5H2,1H3,(H,13,14,15). The van der Waals surface area contributed by atoms with Gasteiger partial charge in [-0.15, -0.1) is 0 Å². The summed E-state index contributed by atoms with van der Waals surface area (Å²) >= 11 is 5.66. The van der Waals surface area contributed by atoms with Crippen molar-refractivity contribution in [3.05, 3.63) is 40.4 Å². The molecule has 0 radical (unpaired) electrons. The second-order valence-electron chi connectivity index (χ2n) is 3.16. The van der Waals surface area contributed by atoms with Gasteiger partial charge in [0.25, 0.3) is 0 Å². The molecule has 1 aromatic heterocycles. The zero-order valence-corrected chi connectivity index (χ0v) is 9.25. The Kier molecular flexibility index (Phi) is 3.05. The lowest BCUT2D eigenvalue weighted by Crippen LogP contribution is -1.95. The molecule has 0 unspecified atom stereocenters. The molecule has 0 aliphatic rings. The van der Waals surface area contributed by atoms with Crippen LogP contribution in [0.1, 0.15) is 11.4 Å². The van der Waals surface area contributed by atoms with E-state index >= 15 is 0 Å². The topological polar surface area (TPSA) is 51.0 Å². The second kappa shape index (κ2) is 4.49. The van der Waals surface area contributed by atoms with Crippen LogP contribution in [0.4, 0.5) is 10.4 Å². The summed E-state index contributed by atoms with van der Waals surface area (Å²) in [7, 11) is 1.66. The van der Waals surface area contributed by atoms with Crippen LogP contribution >= 0.6 is 11.6 Å². The average Bonchev–Trinajstić information content (AvgIpc) is 2.73. The van der Waals surface area contributed by atoms with Gasteiger partial charge in [0.15, 0.2) is 5.82 Å². The zero-order chi connectivity index (χ0) is 11.5. The Morgan fingerprint density at radius 3 is 3.00 bits per heavy atom. The van der Waals surface area contributed by atoms with Crippen molar-refractivity contribution in [3.63, 3.8) is 0 Å². The highest BCUT2D eigenvalue weighted by Gasteiger charge is 2.10. The van der Waals surface area contributed by atoms with Gasteiger partial charge in [0, 0.05) is 13.5 Å². The molecule has 0 atom stereocenters. The Morgan fingerprint density at radius 2 is 2.31 bits per heavy atom. The number of anilines is 1. The van der Waals surface area contributed by atoms with Gasteiger partial charge in [0.2, 0.25) is 0 Å². The molecule has 0 spiro atoms. The van der Waals surface area contributed by atoms with Gasteiger partial charge < -0.3 is 9.84 Å². The van der Waals surface area contributed by atoms with Crippen LogP contribution in [0.3, 0.4) is 0 Å². The van der Waals surface area contributed by atoms with Crippen LogP contribution in [0, 0.1) is 5.82 Å². The monoisotopic (exact) mass is 241 g/mol. The molecule has 0 fully saturated rings. The summed E-state index contributed by atoms with van der Waals surface area (Å²) in [6.45, 7) is 0. The highest BCUT2D eigenvalue weighted by Crippen LogP contribution is 2.19. The van der Waals surface area contributed by atoms with Gasteiger partial charge in [0.1, 0.15) is 5.82 Å². The van der Waals surface area contributed by atoms with Crippen LogP contribution in [0.5, 0.6) is 0 Å². The maximum atomic E-state index is 13.5. The largest absolute Gasteiger partial charge is 0.341 e. The molecule has 0 saturated heterocycles. The number of benzene rings is 1. The Bertz CT molecular complexity index is 501. The van der Waals surface area contributed by atoms with E-state index in [1.807, 2.05) is 0 Å². The van der Waals surface area contributed by atoms with E-state index in [2.05, 4.69) is 15.5 Å². The molecule has 2 rings (SSSR count). The molecule has 0 aliphatic carbocycles. The molecular weight excluding hydrogens is 233 g/mol. The van der Waals surface area contributed by atoms with E-state index < -0.39 is 5.82 Å². The highest BCUT2D eigenvalue weighted by molar-refractivity contribution is 6.30. The van der Waals surface area contributed by atoms with Crippen molar-refractivity contribution in [3.8, 4) is 0 Å². The highest BCUT2D eigenvalue weighted by atomic mass is 35.5. The van der Waals surface area contributed by atoms with E-state index in [0.29, 0.717) is 17.4 Å². The first kappa shape index (κ1) is 10.9. The van der Waals surface area contributed by atoms with Crippen LogP contribution in [0.15, 0.2) is 22.7 Å². The van der Waals surface area contributed by atoms with Gasteiger partial charge in [-0.3, -0.25) is 0 Å². The minimum atomic E-state index is -0.444. The van der Waals surface area contributed by atoms with Gasteiger partial charge >= 0.3 is 6.01 Å². The normalized spacial score (nSPS) is 10.4. The third kappa shape index (κ3) is 2.14. The quantitative estimate of drug-likeness (QED) is 0.897. The fourth-order valence-corrected chi connectivity index (χ4v) is 1.48. The lowest BCUT2D eigenvalue weighted by Gasteiger charge is -2.00. The summed E-state index contributed by atoms with van der Waals surface area (Å²) < 4.78 is 18.4. The maximum Gasteiger partial charge on any atom is 0.321 e. The van der Waals surface area contributed by atoms with Crippen molar-refractivity contribution in [1.82, 2.24) is 10.1 Å². The van der Waals surface area contributed by atoms with E-state index in [4.69, 9.17) is 16.1 Å².